The lowest BCUT2D eigenvalue weighted by atomic mass is 10.3. The van der Waals surface area contributed by atoms with Crippen molar-refractivity contribution < 1.29 is 0 Å². The van der Waals surface area contributed by atoms with Crippen LogP contribution in [0.5, 0.6) is 0 Å². The summed E-state index contributed by atoms with van der Waals surface area (Å²) in [4.78, 5) is 15.3. The zero-order valence-corrected chi connectivity index (χ0v) is 7.35. The fourth-order valence-electron chi connectivity index (χ4n) is 1.20. The average molecular weight is 179 g/mol. The molecular formula is C7H9N5O. The van der Waals surface area contributed by atoms with Crippen LogP contribution in [0.25, 0.3) is 11.4 Å². The minimum absolute atomic E-state index is 0.154. The number of H-pyrrole nitrogens is 1. The Labute approximate surface area is 73.8 Å². The van der Waals surface area contributed by atoms with E-state index in [2.05, 4.69) is 15.2 Å². The number of aromatic amines is 1. The summed E-state index contributed by atoms with van der Waals surface area (Å²) in [5, 5.41) is 6.49. The first-order valence-electron chi connectivity index (χ1n) is 3.78. The van der Waals surface area contributed by atoms with Crippen molar-refractivity contribution in [1.82, 2.24) is 24.5 Å². The van der Waals surface area contributed by atoms with Gasteiger partial charge in [-0.15, -0.1) is 0 Å². The highest BCUT2D eigenvalue weighted by molar-refractivity contribution is 5.51. The van der Waals surface area contributed by atoms with Crippen molar-refractivity contribution in [2.45, 2.75) is 0 Å². The number of hydrogen-bond acceptors (Lipinski definition) is 3. The molecule has 6 nitrogen and oxygen atoms in total. The van der Waals surface area contributed by atoms with Crippen molar-refractivity contribution in [2.24, 2.45) is 14.1 Å². The van der Waals surface area contributed by atoms with Gasteiger partial charge in [0.2, 0.25) is 0 Å². The van der Waals surface area contributed by atoms with Crippen LogP contribution >= 0.6 is 0 Å². The van der Waals surface area contributed by atoms with Gasteiger partial charge in [0.15, 0.2) is 5.82 Å². The van der Waals surface area contributed by atoms with Crippen LogP contribution in [0.4, 0.5) is 0 Å². The molecule has 0 aliphatic rings. The van der Waals surface area contributed by atoms with E-state index in [9.17, 15) is 4.79 Å². The smallest absolute Gasteiger partial charge is 0.275 e. The molecule has 0 aliphatic carbocycles. The van der Waals surface area contributed by atoms with Gasteiger partial charge < -0.3 is 0 Å². The molecule has 0 spiro atoms. The molecule has 0 bridgehead atoms. The van der Waals surface area contributed by atoms with Gasteiger partial charge in [-0.1, -0.05) is 0 Å². The van der Waals surface area contributed by atoms with Crippen LogP contribution in [-0.4, -0.2) is 24.5 Å². The fraction of sp³-hybridized carbons (Fsp3) is 0.286. The summed E-state index contributed by atoms with van der Waals surface area (Å²) in [6.45, 7) is 0. The second-order valence-electron chi connectivity index (χ2n) is 2.80. The van der Waals surface area contributed by atoms with Gasteiger partial charge in [0, 0.05) is 20.3 Å². The number of aryl methyl sites for hydroxylation is 2. The van der Waals surface area contributed by atoms with Crippen LogP contribution in [0.3, 0.4) is 0 Å². The maximum atomic E-state index is 11.3. The van der Waals surface area contributed by atoms with E-state index >= 15 is 0 Å². The highest BCUT2D eigenvalue weighted by Crippen LogP contribution is 2.08. The Morgan fingerprint density at radius 2 is 2.23 bits per heavy atom. The van der Waals surface area contributed by atoms with E-state index in [1.54, 1.807) is 29.7 Å². The number of hydrogen-bond donors (Lipinski definition) is 1. The molecule has 0 saturated heterocycles. The molecule has 0 amide bonds. The quantitative estimate of drug-likeness (QED) is 0.642. The van der Waals surface area contributed by atoms with Crippen LogP contribution in [0.2, 0.25) is 0 Å². The summed E-state index contributed by atoms with van der Waals surface area (Å²) < 4.78 is 3.15. The van der Waals surface area contributed by atoms with Crippen molar-refractivity contribution in [3.63, 3.8) is 0 Å². The van der Waals surface area contributed by atoms with Gasteiger partial charge in [0.05, 0.1) is 0 Å². The van der Waals surface area contributed by atoms with Crippen molar-refractivity contribution >= 4 is 0 Å². The van der Waals surface area contributed by atoms with Gasteiger partial charge in [-0.2, -0.15) is 5.10 Å². The number of nitrogens with one attached hydrogen (secondary N) is 1. The standard InChI is InChI=1S/C7H9N5O/c1-11-3-5(7(13)10-11)6-8-4-9-12(6)2/h3-4H,1-2H3,(H,10,13). The molecule has 0 fully saturated rings. The molecule has 13 heavy (non-hydrogen) atoms. The molecule has 1 N–H and O–H groups in total. The van der Waals surface area contributed by atoms with Gasteiger partial charge in [-0.05, 0) is 0 Å². The van der Waals surface area contributed by atoms with E-state index in [0.29, 0.717) is 11.4 Å². The molecular weight excluding hydrogens is 170 g/mol. The third kappa shape index (κ3) is 1.16. The summed E-state index contributed by atoms with van der Waals surface area (Å²) in [6.07, 6.45) is 3.11. The summed E-state index contributed by atoms with van der Waals surface area (Å²) in [6, 6.07) is 0. The predicted octanol–water partition coefficient (Wildman–Crippen LogP) is -0.491. The Hall–Kier alpha value is -1.85. The molecule has 0 saturated carbocycles. The lowest BCUT2D eigenvalue weighted by Gasteiger charge is -1.92. The predicted molar refractivity (Wildman–Crippen MR) is 46.0 cm³/mol. The first-order chi connectivity index (χ1) is 6.18. The SMILES string of the molecule is Cn1cc(-c2ncnn2C)c(=O)[nH]1. The third-order valence-corrected chi connectivity index (χ3v) is 1.80. The van der Waals surface area contributed by atoms with E-state index < -0.39 is 0 Å². The molecule has 0 atom stereocenters. The highest BCUT2D eigenvalue weighted by atomic mass is 16.1. The number of aromatic nitrogens is 5. The Kier molecular flexibility index (Phi) is 1.54. The largest absolute Gasteiger partial charge is 0.295 e. The van der Waals surface area contributed by atoms with Crippen molar-refractivity contribution in [2.75, 3.05) is 0 Å². The first kappa shape index (κ1) is 7.78. The minimum atomic E-state index is -0.154. The molecule has 2 heterocycles. The van der Waals surface area contributed by atoms with Crippen molar-refractivity contribution in [3.8, 4) is 11.4 Å². The summed E-state index contributed by atoms with van der Waals surface area (Å²) in [5.74, 6) is 0.571. The lowest BCUT2D eigenvalue weighted by Crippen LogP contribution is -2.06. The van der Waals surface area contributed by atoms with E-state index in [4.69, 9.17) is 0 Å². The van der Waals surface area contributed by atoms with Crippen LogP contribution in [-0.2, 0) is 14.1 Å². The van der Waals surface area contributed by atoms with E-state index in [1.807, 2.05) is 0 Å². The van der Waals surface area contributed by atoms with E-state index in [0.717, 1.165) is 0 Å². The topological polar surface area (TPSA) is 68.5 Å². The highest BCUT2D eigenvalue weighted by Gasteiger charge is 2.09. The minimum Gasteiger partial charge on any atom is -0.295 e. The Morgan fingerprint density at radius 1 is 1.46 bits per heavy atom. The summed E-state index contributed by atoms with van der Waals surface area (Å²) in [5.41, 5.74) is 0.376. The van der Waals surface area contributed by atoms with Crippen LogP contribution in [0, 0.1) is 0 Å². The van der Waals surface area contributed by atoms with Crippen LogP contribution in [0.15, 0.2) is 17.3 Å². The van der Waals surface area contributed by atoms with Gasteiger partial charge >= 0.3 is 0 Å². The number of rotatable bonds is 1. The molecule has 2 rings (SSSR count). The molecule has 0 radical (unpaired) electrons. The Balaban J connectivity index is 2.65. The first-order valence-corrected chi connectivity index (χ1v) is 3.78. The van der Waals surface area contributed by atoms with Gasteiger partial charge in [-0.3, -0.25) is 14.6 Å². The zero-order chi connectivity index (χ0) is 9.42. The van der Waals surface area contributed by atoms with Gasteiger partial charge in [0.25, 0.3) is 5.56 Å². The lowest BCUT2D eigenvalue weighted by molar-refractivity contribution is 0.756. The van der Waals surface area contributed by atoms with Gasteiger partial charge in [-0.25, -0.2) is 9.67 Å². The van der Waals surface area contributed by atoms with Gasteiger partial charge in [0.1, 0.15) is 11.9 Å². The van der Waals surface area contributed by atoms with Crippen molar-refractivity contribution in [3.05, 3.63) is 22.9 Å². The fourth-order valence-corrected chi connectivity index (χ4v) is 1.20. The molecule has 6 heteroatoms. The maximum Gasteiger partial charge on any atom is 0.275 e. The molecule has 0 aliphatic heterocycles. The molecule has 2 aromatic heterocycles. The van der Waals surface area contributed by atoms with E-state index in [1.165, 1.54) is 6.33 Å². The normalized spacial score (nSPS) is 10.6. The molecule has 2 aromatic rings. The van der Waals surface area contributed by atoms with Crippen molar-refractivity contribution in [1.29, 1.82) is 0 Å². The second kappa shape index (κ2) is 2.58. The van der Waals surface area contributed by atoms with Crippen LogP contribution in [0.1, 0.15) is 0 Å². The zero-order valence-electron chi connectivity index (χ0n) is 7.35. The molecule has 0 aromatic carbocycles. The van der Waals surface area contributed by atoms with Crippen LogP contribution < -0.4 is 5.56 Å². The Morgan fingerprint density at radius 3 is 2.69 bits per heavy atom. The Bertz CT molecular complexity index is 477. The molecule has 0 unspecified atom stereocenters. The second-order valence-corrected chi connectivity index (χ2v) is 2.80. The molecule has 68 valence electrons. The number of nitrogens with zero attached hydrogens (tertiary/aromatic N) is 4. The monoisotopic (exact) mass is 179 g/mol. The maximum absolute atomic E-state index is 11.3. The van der Waals surface area contributed by atoms with E-state index in [-0.39, 0.29) is 5.56 Å². The average Bonchev–Trinajstić information content (AvgIpc) is 2.58. The summed E-state index contributed by atoms with van der Waals surface area (Å²) >= 11 is 0. The summed E-state index contributed by atoms with van der Waals surface area (Å²) in [7, 11) is 3.50. The third-order valence-electron chi connectivity index (χ3n) is 1.80.